The molecule has 2 rings (SSSR count). The van der Waals surface area contributed by atoms with Crippen molar-refractivity contribution in [3.8, 4) is 0 Å². The first-order chi connectivity index (χ1) is 8.88. The maximum absolute atomic E-state index is 10.8. The van der Waals surface area contributed by atoms with Crippen molar-refractivity contribution < 1.29 is 4.92 Å². The fourth-order valence-electron chi connectivity index (χ4n) is 2.81. The van der Waals surface area contributed by atoms with Gasteiger partial charge in [0.15, 0.2) is 0 Å². The van der Waals surface area contributed by atoms with Crippen LogP contribution in [0.1, 0.15) is 20.3 Å². The van der Waals surface area contributed by atoms with Gasteiger partial charge in [0.05, 0.1) is 10.6 Å². The highest BCUT2D eigenvalue weighted by Gasteiger charge is 2.26. The van der Waals surface area contributed by atoms with E-state index in [-0.39, 0.29) is 10.6 Å². The molecule has 2 atom stereocenters. The maximum atomic E-state index is 10.8. The minimum absolute atomic E-state index is 0.0978. The lowest BCUT2D eigenvalue weighted by molar-refractivity contribution is -0.385. The Morgan fingerprint density at radius 3 is 2.11 bits per heavy atom. The zero-order valence-electron chi connectivity index (χ0n) is 10.9. The van der Waals surface area contributed by atoms with E-state index in [1.54, 1.807) is 12.1 Å². The molecule has 1 fully saturated rings. The molecule has 0 radical (unpaired) electrons. The summed E-state index contributed by atoms with van der Waals surface area (Å²) in [7, 11) is 0. The zero-order valence-corrected chi connectivity index (χ0v) is 14.1. The second-order valence-corrected chi connectivity index (χ2v) is 7.07. The Hall–Kier alpha value is -0.620. The molecule has 0 spiro atoms. The second kappa shape index (κ2) is 5.79. The molecule has 6 heteroatoms. The van der Waals surface area contributed by atoms with Crippen molar-refractivity contribution in [2.24, 2.45) is 11.8 Å². The quantitative estimate of drug-likeness (QED) is 0.546. The summed E-state index contributed by atoms with van der Waals surface area (Å²) in [6, 6.07) is 3.15. The highest BCUT2D eigenvalue weighted by atomic mass is 79.9. The van der Waals surface area contributed by atoms with Gasteiger partial charge in [-0.2, -0.15) is 0 Å². The number of hydrogen-bond acceptors (Lipinski definition) is 3. The van der Waals surface area contributed by atoms with Crippen LogP contribution in [0.2, 0.25) is 0 Å². The molecule has 1 aliphatic rings. The van der Waals surface area contributed by atoms with Crippen LogP contribution in [0.3, 0.4) is 0 Å². The van der Waals surface area contributed by atoms with Crippen molar-refractivity contribution in [2.75, 3.05) is 18.0 Å². The number of anilines is 1. The van der Waals surface area contributed by atoms with Crippen LogP contribution in [-0.4, -0.2) is 18.0 Å². The standard InChI is InChI=1S/C13H16Br2N2O2/c1-8-3-9(2)7-16(6-8)13-11(14)4-10(17(18)19)5-12(13)15/h4-5,8-9H,3,6-7H2,1-2H3. The number of non-ortho nitro benzene ring substituents is 1. The molecule has 1 aliphatic heterocycles. The SMILES string of the molecule is CC1CC(C)CN(c2c(Br)cc([N+](=O)[O-])cc2Br)C1. The van der Waals surface area contributed by atoms with Crippen LogP contribution in [-0.2, 0) is 0 Å². The van der Waals surface area contributed by atoms with E-state index in [9.17, 15) is 10.1 Å². The average Bonchev–Trinajstić information content (AvgIpc) is 2.26. The van der Waals surface area contributed by atoms with Crippen LogP contribution >= 0.6 is 31.9 Å². The van der Waals surface area contributed by atoms with Gasteiger partial charge in [0.2, 0.25) is 0 Å². The number of nitro groups is 1. The number of halogens is 2. The van der Waals surface area contributed by atoms with Gasteiger partial charge in [-0.3, -0.25) is 10.1 Å². The van der Waals surface area contributed by atoms with E-state index < -0.39 is 0 Å². The van der Waals surface area contributed by atoms with Crippen LogP contribution in [0.5, 0.6) is 0 Å². The van der Waals surface area contributed by atoms with Gasteiger partial charge in [-0.1, -0.05) is 13.8 Å². The van der Waals surface area contributed by atoms with E-state index in [0.717, 1.165) is 27.7 Å². The molecule has 0 aliphatic carbocycles. The first-order valence-electron chi connectivity index (χ1n) is 6.27. The predicted octanol–water partition coefficient (Wildman–Crippen LogP) is 4.60. The van der Waals surface area contributed by atoms with Crippen LogP contribution in [0, 0.1) is 22.0 Å². The lowest BCUT2D eigenvalue weighted by Crippen LogP contribution is -2.39. The molecule has 1 aromatic carbocycles. The Balaban J connectivity index is 2.37. The van der Waals surface area contributed by atoms with Crippen molar-refractivity contribution in [3.05, 3.63) is 31.2 Å². The number of nitrogens with zero attached hydrogens (tertiary/aromatic N) is 2. The summed E-state index contributed by atoms with van der Waals surface area (Å²) in [5.74, 6) is 1.27. The second-order valence-electron chi connectivity index (χ2n) is 5.37. The van der Waals surface area contributed by atoms with Gasteiger partial charge in [0.25, 0.3) is 5.69 Å². The minimum atomic E-state index is -0.374. The molecule has 1 heterocycles. The van der Waals surface area contributed by atoms with Gasteiger partial charge < -0.3 is 4.90 Å². The molecule has 2 unspecified atom stereocenters. The maximum Gasteiger partial charge on any atom is 0.271 e. The Morgan fingerprint density at radius 1 is 1.21 bits per heavy atom. The summed E-state index contributed by atoms with van der Waals surface area (Å²) < 4.78 is 1.55. The number of piperidine rings is 1. The summed E-state index contributed by atoms with van der Waals surface area (Å²) in [6.07, 6.45) is 1.23. The molecule has 1 aromatic rings. The topological polar surface area (TPSA) is 46.4 Å². The van der Waals surface area contributed by atoms with E-state index >= 15 is 0 Å². The summed E-state index contributed by atoms with van der Waals surface area (Å²) in [4.78, 5) is 12.8. The summed E-state index contributed by atoms with van der Waals surface area (Å²) in [5.41, 5.74) is 1.12. The lowest BCUT2D eigenvalue weighted by Gasteiger charge is -2.37. The predicted molar refractivity (Wildman–Crippen MR) is 83.7 cm³/mol. The molecule has 4 nitrogen and oxygen atoms in total. The molecule has 0 aromatic heterocycles. The molecule has 1 saturated heterocycles. The summed E-state index contributed by atoms with van der Waals surface area (Å²) in [5, 5.41) is 10.8. The number of hydrogen-bond donors (Lipinski definition) is 0. The third-order valence-electron chi connectivity index (χ3n) is 3.40. The first kappa shape index (κ1) is 14.8. The Bertz CT molecular complexity index is 474. The highest BCUT2D eigenvalue weighted by molar-refractivity contribution is 9.11. The monoisotopic (exact) mass is 390 g/mol. The van der Waals surface area contributed by atoms with Gasteiger partial charge >= 0.3 is 0 Å². The molecule has 0 bridgehead atoms. The minimum Gasteiger partial charge on any atom is -0.369 e. The van der Waals surface area contributed by atoms with E-state index in [0.29, 0.717) is 11.8 Å². The third-order valence-corrected chi connectivity index (χ3v) is 4.61. The molecular formula is C13H16Br2N2O2. The third kappa shape index (κ3) is 3.28. The van der Waals surface area contributed by atoms with Crippen LogP contribution < -0.4 is 4.90 Å². The van der Waals surface area contributed by atoms with E-state index in [1.807, 2.05) is 0 Å². The normalized spacial score (nSPS) is 23.5. The summed E-state index contributed by atoms with van der Waals surface area (Å²) in [6.45, 7) is 6.46. The molecule has 104 valence electrons. The zero-order chi connectivity index (χ0) is 14.2. The molecular weight excluding hydrogens is 376 g/mol. The fraction of sp³-hybridized carbons (Fsp3) is 0.538. The van der Waals surface area contributed by atoms with Crippen molar-refractivity contribution >= 4 is 43.2 Å². The molecule has 0 amide bonds. The highest BCUT2D eigenvalue weighted by Crippen LogP contribution is 2.40. The van der Waals surface area contributed by atoms with Gasteiger partial charge in [-0.25, -0.2) is 0 Å². The van der Waals surface area contributed by atoms with Crippen molar-refractivity contribution in [1.82, 2.24) is 0 Å². The van der Waals surface area contributed by atoms with Gasteiger partial charge in [-0.05, 0) is 50.1 Å². The van der Waals surface area contributed by atoms with Gasteiger partial charge in [0.1, 0.15) is 0 Å². The average molecular weight is 392 g/mol. The Labute approximate surface area is 129 Å². The van der Waals surface area contributed by atoms with E-state index in [4.69, 9.17) is 0 Å². The lowest BCUT2D eigenvalue weighted by atomic mass is 9.91. The van der Waals surface area contributed by atoms with Crippen LogP contribution in [0.15, 0.2) is 21.1 Å². The largest absolute Gasteiger partial charge is 0.369 e. The molecule has 0 saturated carbocycles. The van der Waals surface area contributed by atoms with Gasteiger partial charge in [-0.15, -0.1) is 0 Å². The summed E-state index contributed by atoms with van der Waals surface area (Å²) >= 11 is 6.93. The van der Waals surface area contributed by atoms with E-state index in [2.05, 4.69) is 50.6 Å². The van der Waals surface area contributed by atoms with E-state index in [1.165, 1.54) is 6.42 Å². The van der Waals surface area contributed by atoms with Crippen LogP contribution in [0.4, 0.5) is 11.4 Å². The first-order valence-corrected chi connectivity index (χ1v) is 7.85. The number of nitro benzene ring substituents is 1. The number of rotatable bonds is 2. The van der Waals surface area contributed by atoms with Crippen LogP contribution in [0.25, 0.3) is 0 Å². The Morgan fingerprint density at radius 2 is 1.68 bits per heavy atom. The Kier molecular flexibility index (Phi) is 4.50. The molecule has 19 heavy (non-hydrogen) atoms. The smallest absolute Gasteiger partial charge is 0.271 e. The van der Waals surface area contributed by atoms with Crippen molar-refractivity contribution in [3.63, 3.8) is 0 Å². The molecule has 0 N–H and O–H groups in total. The van der Waals surface area contributed by atoms with Crippen molar-refractivity contribution in [1.29, 1.82) is 0 Å². The number of benzene rings is 1. The van der Waals surface area contributed by atoms with Gasteiger partial charge in [0, 0.05) is 34.2 Å². The fourth-order valence-corrected chi connectivity index (χ4v) is 4.47. The van der Waals surface area contributed by atoms with Crippen molar-refractivity contribution in [2.45, 2.75) is 20.3 Å².